The first kappa shape index (κ1) is 13.2. The van der Waals surface area contributed by atoms with Gasteiger partial charge in [-0.3, -0.25) is 0 Å². The van der Waals surface area contributed by atoms with Crippen molar-refractivity contribution in [2.24, 2.45) is 5.92 Å². The Hall–Kier alpha value is -2.48. The molecule has 4 rings (SSSR count). The maximum atomic E-state index is 6.28. The fourth-order valence-corrected chi connectivity index (χ4v) is 3.28. The average molecular weight is 289 g/mol. The van der Waals surface area contributed by atoms with Crippen molar-refractivity contribution in [2.45, 2.75) is 13.8 Å². The average Bonchev–Trinajstić information content (AvgIpc) is 2.53. The van der Waals surface area contributed by atoms with E-state index >= 15 is 0 Å². The third-order valence-electron chi connectivity index (χ3n) is 4.34. The number of fused-ring (bicyclic) bond motifs is 5. The van der Waals surface area contributed by atoms with Gasteiger partial charge in [0, 0.05) is 40.9 Å². The van der Waals surface area contributed by atoms with E-state index in [2.05, 4.69) is 74.5 Å². The zero-order valence-corrected chi connectivity index (χ0v) is 13.1. The highest BCUT2D eigenvalue weighted by molar-refractivity contribution is 5.80. The molecule has 110 valence electrons. The van der Waals surface area contributed by atoms with Gasteiger partial charge in [0.15, 0.2) is 0 Å². The van der Waals surface area contributed by atoms with Crippen LogP contribution in [-0.4, -0.2) is 7.05 Å². The SMILES string of the molecule is CC(C)C1=c2c(ccc3c2=CC=CN3C)-c2ccccc2O1. The topological polar surface area (TPSA) is 12.5 Å². The van der Waals surface area contributed by atoms with E-state index in [4.69, 9.17) is 4.74 Å². The van der Waals surface area contributed by atoms with Crippen LogP contribution >= 0.6 is 0 Å². The summed E-state index contributed by atoms with van der Waals surface area (Å²) in [4.78, 5) is 2.16. The number of hydrogen-bond acceptors (Lipinski definition) is 2. The highest BCUT2D eigenvalue weighted by atomic mass is 16.5. The van der Waals surface area contributed by atoms with Crippen LogP contribution in [0.5, 0.6) is 5.75 Å². The number of hydrogen-bond donors (Lipinski definition) is 0. The van der Waals surface area contributed by atoms with Crippen LogP contribution in [0.3, 0.4) is 0 Å². The fraction of sp³-hybridized carbons (Fsp3) is 0.200. The van der Waals surface area contributed by atoms with Gasteiger partial charge in [-0.1, -0.05) is 44.2 Å². The molecule has 0 bridgehead atoms. The third-order valence-corrected chi connectivity index (χ3v) is 4.34. The van der Waals surface area contributed by atoms with Gasteiger partial charge in [-0.15, -0.1) is 0 Å². The Morgan fingerprint density at radius 3 is 2.64 bits per heavy atom. The molecule has 0 fully saturated rings. The summed E-state index contributed by atoms with van der Waals surface area (Å²) in [6, 6.07) is 12.7. The maximum absolute atomic E-state index is 6.28. The summed E-state index contributed by atoms with van der Waals surface area (Å²) >= 11 is 0. The minimum Gasteiger partial charge on any atom is -0.460 e. The molecule has 0 saturated heterocycles. The summed E-state index contributed by atoms with van der Waals surface area (Å²) < 4.78 is 6.28. The van der Waals surface area contributed by atoms with Crippen LogP contribution < -0.4 is 20.1 Å². The molecule has 0 amide bonds. The molecule has 0 spiro atoms. The molecular weight excluding hydrogens is 270 g/mol. The zero-order chi connectivity index (χ0) is 15.3. The van der Waals surface area contributed by atoms with Crippen molar-refractivity contribution in [3.05, 3.63) is 59.1 Å². The molecular formula is C20H19NO. The summed E-state index contributed by atoms with van der Waals surface area (Å²) in [6.07, 6.45) is 6.37. The van der Waals surface area contributed by atoms with Crippen LogP contribution in [0.15, 0.2) is 48.7 Å². The Balaban J connectivity index is 2.18. The molecule has 2 heterocycles. The number of nitrogens with zero attached hydrogens (tertiary/aromatic N) is 1. The molecule has 0 saturated carbocycles. The Morgan fingerprint density at radius 2 is 1.82 bits per heavy atom. The Morgan fingerprint density at radius 1 is 1.00 bits per heavy atom. The first-order valence-corrected chi connectivity index (χ1v) is 7.72. The normalized spacial score (nSPS) is 14.9. The molecule has 22 heavy (non-hydrogen) atoms. The van der Waals surface area contributed by atoms with E-state index in [1.807, 2.05) is 6.07 Å². The molecule has 0 atom stereocenters. The summed E-state index contributed by atoms with van der Waals surface area (Å²) in [5.41, 5.74) is 3.67. The van der Waals surface area contributed by atoms with Gasteiger partial charge in [0.2, 0.25) is 0 Å². The van der Waals surface area contributed by atoms with Crippen LogP contribution in [0, 0.1) is 5.92 Å². The molecule has 0 N–H and O–H groups in total. The Kier molecular flexibility index (Phi) is 2.86. The van der Waals surface area contributed by atoms with Crippen molar-refractivity contribution in [1.29, 1.82) is 0 Å². The van der Waals surface area contributed by atoms with Crippen molar-refractivity contribution in [3.8, 4) is 16.9 Å². The number of allylic oxidation sites excluding steroid dienone is 1. The highest BCUT2D eigenvalue weighted by Gasteiger charge is 2.22. The van der Waals surface area contributed by atoms with Crippen LogP contribution in [0.25, 0.3) is 23.0 Å². The highest BCUT2D eigenvalue weighted by Crippen LogP contribution is 2.34. The van der Waals surface area contributed by atoms with Gasteiger partial charge in [-0.05, 0) is 23.8 Å². The van der Waals surface area contributed by atoms with Crippen molar-refractivity contribution in [3.63, 3.8) is 0 Å². The van der Waals surface area contributed by atoms with Crippen molar-refractivity contribution in [1.82, 2.24) is 0 Å². The van der Waals surface area contributed by atoms with E-state index < -0.39 is 0 Å². The molecule has 2 aromatic rings. The van der Waals surface area contributed by atoms with Gasteiger partial charge in [-0.25, -0.2) is 0 Å². The summed E-state index contributed by atoms with van der Waals surface area (Å²) in [7, 11) is 2.08. The number of benzene rings is 2. The molecule has 0 radical (unpaired) electrons. The van der Waals surface area contributed by atoms with E-state index in [9.17, 15) is 0 Å². The van der Waals surface area contributed by atoms with Gasteiger partial charge in [0.25, 0.3) is 0 Å². The third kappa shape index (κ3) is 1.80. The predicted molar refractivity (Wildman–Crippen MR) is 92.0 cm³/mol. The van der Waals surface area contributed by atoms with Gasteiger partial charge < -0.3 is 9.64 Å². The van der Waals surface area contributed by atoms with Gasteiger partial charge >= 0.3 is 0 Å². The second-order valence-electron chi connectivity index (χ2n) is 6.16. The van der Waals surface area contributed by atoms with Gasteiger partial charge in [-0.2, -0.15) is 0 Å². The summed E-state index contributed by atoms with van der Waals surface area (Å²) in [5, 5.41) is 2.49. The van der Waals surface area contributed by atoms with Crippen LogP contribution in [0.1, 0.15) is 13.8 Å². The molecule has 0 aliphatic carbocycles. The molecule has 2 aliphatic rings. The second kappa shape index (κ2) is 4.77. The van der Waals surface area contributed by atoms with E-state index in [1.165, 1.54) is 27.3 Å². The van der Waals surface area contributed by atoms with E-state index in [0.29, 0.717) is 5.92 Å². The smallest absolute Gasteiger partial charge is 0.134 e. The van der Waals surface area contributed by atoms with Crippen molar-refractivity contribution >= 4 is 17.5 Å². The van der Waals surface area contributed by atoms with Crippen molar-refractivity contribution in [2.75, 3.05) is 11.9 Å². The Labute approximate surface area is 130 Å². The molecule has 2 aromatic carbocycles. The molecule has 0 aromatic heterocycles. The van der Waals surface area contributed by atoms with Gasteiger partial charge in [0.1, 0.15) is 11.5 Å². The zero-order valence-electron chi connectivity index (χ0n) is 13.1. The van der Waals surface area contributed by atoms with Crippen LogP contribution in [0.2, 0.25) is 0 Å². The molecule has 2 aliphatic heterocycles. The Bertz CT molecular complexity index is 906. The lowest BCUT2D eigenvalue weighted by atomic mass is 9.93. The minimum atomic E-state index is 0.336. The number of ether oxygens (including phenoxy) is 1. The van der Waals surface area contributed by atoms with Gasteiger partial charge in [0.05, 0.1) is 0 Å². The second-order valence-corrected chi connectivity index (χ2v) is 6.16. The fourth-order valence-electron chi connectivity index (χ4n) is 3.28. The van der Waals surface area contributed by atoms with E-state index in [0.717, 1.165) is 11.5 Å². The molecule has 0 unspecified atom stereocenters. The van der Waals surface area contributed by atoms with E-state index in [-0.39, 0.29) is 0 Å². The lowest BCUT2D eigenvalue weighted by molar-refractivity contribution is 0.452. The van der Waals surface area contributed by atoms with Crippen molar-refractivity contribution < 1.29 is 4.74 Å². The first-order chi connectivity index (χ1) is 10.7. The van der Waals surface area contributed by atoms with Crippen LogP contribution in [0.4, 0.5) is 5.69 Å². The standard InChI is InChI=1S/C20H19NO/c1-13(2)20-19-15(14-7-4-5-9-18(14)22-20)10-11-17-16(19)8-6-12-21(17)3/h4-13H,1-3H3. The first-order valence-electron chi connectivity index (χ1n) is 7.72. The number of anilines is 1. The quantitative estimate of drug-likeness (QED) is 0.799. The largest absolute Gasteiger partial charge is 0.460 e. The molecule has 2 nitrogen and oxygen atoms in total. The monoisotopic (exact) mass is 289 g/mol. The van der Waals surface area contributed by atoms with Crippen LogP contribution in [-0.2, 0) is 0 Å². The van der Waals surface area contributed by atoms with E-state index in [1.54, 1.807) is 0 Å². The minimum absolute atomic E-state index is 0.336. The number of para-hydroxylation sites is 1. The summed E-state index contributed by atoms with van der Waals surface area (Å²) in [6.45, 7) is 4.38. The lowest BCUT2D eigenvalue weighted by Gasteiger charge is -2.26. The predicted octanol–water partition coefficient (Wildman–Crippen LogP) is 3.25. The molecule has 2 heteroatoms. The number of rotatable bonds is 1. The maximum Gasteiger partial charge on any atom is 0.134 e. The lowest BCUT2D eigenvalue weighted by Crippen LogP contribution is -2.38. The summed E-state index contributed by atoms with van der Waals surface area (Å²) in [5.74, 6) is 2.35.